The van der Waals surface area contributed by atoms with E-state index in [1.165, 1.54) is 6.07 Å². The predicted octanol–water partition coefficient (Wildman–Crippen LogP) is 2.36. The molecular formula is C14H16ClFN2O3. The van der Waals surface area contributed by atoms with Gasteiger partial charge in [-0.25, -0.2) is 9.18 Å². The molecule has 7 heteroatoms. The summed E-state index contributed by atoms with van der Waals surface area (Å²) in [6.45, 7) is 0.0328. The fourth-order valence-electron chi connectivity index (χ4n) is 2.51. The monoisotopic (exact) mass is 314 g/mol. The Labute approximate surface area is 126 Å². The number of hydrogen-bond donors (Lipinski definition) is 2. The van der Waals surface area contributed by atoms with Gasteiger partial charge in [-0.15, -0.1) is 0 Å². The van der Waals surface area contributed by atoms with Gasteiger partial charge in [-0.2, -0.15) is 0 Å². The Hall–Kier alpha value is -1.82. The minimum atomic E-state index is -0.888. The van der Waals surface area contributed by atoms with Crippen LogP contribution in [0.4, 0.5) is 9.18 Å². The topological polar surface area (TPSA) is 81.4 Å². The number of hydrogen-bond acceptors (Lipinski definition) is 3. The van der Waals surface area contributed by atoms with Crippen LogP contribution >= 0.6 is 11.6 Å². The third kappa shape index (κ3) is 3.85. The molecule has 0 aromatic heterocycles. The van der Waals surface area contributed by atoms with Crippen LogP contribution in [-0.4, -0.2) is 18.1 Å². The van der Waals surface area contributed by atoms with Crippen molar-refractivity contribution in [3.05, 3.63) is 34.6 Å². The highest BCUT2D eigenvalue weighted by atomic mass is 35.5. The Bertz CT molecular complexity index is 553. The van der Waals surface area contributed by atoms with Crippen molar-refractivity contribution < 1.29 is 18.7 Å². The largest absolute Gasteiger partial charge is 0.446 e. The zero-order chi connectivity index (χ0) is 15.4. The molecule has 21 heavy (non-hydrogen) atoms. The average molecular weight is 315 g/mol. The Kier molecular flexibility index (Phi) is 5.01. The number of carbonyl (C=O) groups is 2. The summed E-state index contributed by atoms with van der Waals surface area (Å²) in [4.78, 5) is 22.9. The molecule has 1 fully saturated rings. The smallest absolute Gasteiger partial charge is 0.404 e. The van der Waals surface area contributed by atoms with E-state index in [1.54, 1.807) is 12.1 Å². The minimum Gasteiger partial charge on any atom is -0.446 e. The second-order valence-corrected chi connectivity index (χ2v) is 5.35. The van der Waals surface area contributed by atoms with Crippen LogP contribution in [0.2, 0.25) is 5.02 Å². The summed E-state index contributed by atoms with van der Waals surface area (Å²) in [6.07, 6.45) is 0.600. The first kappa shape index (κ1) is 15.6. The van der Waals surface area contributed by atoms with Gasteiger partial charge in [0.1, 0.15) is 11.9 Å². The number of ether oxygens (including phenoxy) is 1. The third-order valence-electron chi connectivity index (χ3n) is 3.54. The van der Waals surface area contributed by atoms with E-state index in [0.717, 1.165) is 6.42 Å². The van der Waals surface area contributed by atoms with E-state index in [1.807, 2.05) is 0 Å². The third-order valence-corrected chi connectivity index (χ3v) is 3.83. The van der Waals surface area contributed by atoms with Gasteiger partial charge in [0, 0.05) is 12.1 Å². The number of nitrogens with two attached hydrogens (primary N) is 1. The first-order valence-corrected chi connectivity index (χ1v) is 7.03. The number of halogens is 2. The van der Waals surface area contributed by atoms with Gasteiger partial charge in [0.25, 0.3) is 0 Å². The van der Waals surface area contributed by atoms with Gasteiger partial charge in [-0.3, -0.25) is 4.79 Å². The summed E-state index contributed by atoms with van der Waals surface area (Å²) in [7, 11) is 0. The van der Waals surface area contributed by atoms with Gasteiger partial charge in [0.05, 0.1) is 10.9 Å². The van der Waals surface area contributed by atoms with Crippen LogP contribution < -0.4 is 11.1 Å². The Morgan fingerprint density at radius 2 is 2.19 bits per heavy atom. The van der Waals surface area contributed by atoms with Crippen LogP contribution in [0, 0.1) is 11.7 Å². The van der Waals surface area contributed by atoms with Crippen molar-refractivity contribution in [3.8, 4) is 0 Å². The molecule has 0 saturated heterocycles. The Morgan fingerprint density at radius 3 is 2.90 bits per heavy atom. The van der Waals surface area contributed by atoms with Crippen LogP contribution in [0.5, 0.6) is 0 Å². The number of nitrogens with one attached hydrogen (secondary N) is 1. The lowest BCUT2D eigenvalue weighted by atomic mass is 10.0. The van der Waals surface area contributed by atoms with Crippen molar-refractivity contribution in [2.45, 2.75) is 31.9 Å². The van der Waals surface area contributed by atoms with Crippen LogP contribution in [0.15, 0.2) is 18.2 Å². The summed E-state index contributed by atoms with van der Waals surface area (Å²) in [6, 6.07) is 4.60. The molecule has 0 bridgehead atoms. The summed E-state index contributed by atoms with van der Waals surface area (Å²) in [5.41, 5.74) is 5.29. The standard InChI is InChI=1S/C14H16ClFN2O3/c15-10-5-1-3-8(12(10)16)7-18-13(19)9-4-2-6-11(9)21-14(17)20/h1,3,5,9,11H,2,4,6-7H2,(H2,17,20)(H,18,19). The van der Waals surface area contributed by atoms with E-state index in [2.05, 4.69) is 5.32 Å². The average Bonchev–Trinajstić information content (AvgIpc) is 2.87. The molecule has 0 radical (unpaired) electrons. The summed E-state index contributed by atoms with van der Waals surface area (Å²) in [5, 5.41) is 2.65. The normalized spacial score (nSPS) is 21.0. The van der Waals surface area contributed by atoms with Crippen molar-refractivity contribution in [1.82, 2.24) is 5.32 Å². The zero-order valence-corrected chi connectivity index (χ0v) is 12.0. The summed E-state index contributed by atoms with van der Waals surface area (Å²) < 4.78 is 18.6. The minimum absolute atomic E-state index is 0.0116. The molecule has 2 rings (SSSR count). The van der Waals surface area contributed by atoms with Crippen LogP contribution in [0.3, 0.4) is 0 Å². The van der Waals surface area contributed by atoms with Crippen molar-refractivity contribution >= 4 is 23.6 Å². The van der Waals surface area contributed by atoms with Crippen LogP contribution in [0.25, 0.3) is 0 Å². The van der Waals surface area contributed by atoms with E-state index in [0.29, 0.717) is 18.4 Å². The second kappa shape index (κ2) is 6.76. The maximum absolute atomic E-state index is 13.7. The van der Waals surface area contributed by atoms with Gasteiger partial charge >= 0.3 is 6.09 Å². The molecule has 2 atom stereocenters. The van der Waals surface area contributed by atoms with E-state index in [-0.39, 0.29) is 17.5 Å². The fraction of sp³-hybridized carbons (Fsp3) is 0.429. The highest BCUT2D eigenvalue weighted by Gasteiger charge is 2.35. The van der Waals surface area contributed by atoms with Crippen molar-refractivity contribution in [2.24, 2.45) is 11.7 Å². The van der Waals surface area contributed by atoms with Crippen molar-refractivity contribution in [3.63, 3.8) is 0 Å². The van der Waals surface area contributed by atoms with E-state index in [9.17, 15) is 14.0 Å². The lowest BCUT2D eigenvalue weighted by Gasteiger charge is -2.18. The Morgan fingerprint density at radius 1 is 1.43 bits per heavy atom. The SMILES string of the molecule is NC(=O)OC1CCCC1C(=O)NCc1cccc(Cl)c1F. The van der Waals surface area contributed by atoms with Gasteiger partial charge in [0.15, 0.2) is 0 Å². The number of amides is 2. The van der Waals surface area contributed by atoms with Gasteiger partial charge in [-0.05, 0) is 25.3 Å². The maximum atomic E-state index is 13.7. The second-order valence-electron chi connectivity index (χ2n) is 4.94. The number of benzene rings is 1. The van der Waals surface area contributed by atoms with Gasteiger partial charge in [-0.1, -0.05) is 23.7 Å². The molecule has 0 spiro atoms. The molecule has 0 aliphatic heterocycles. The van der Waals surface area contributed by atoms with E-state index < -0.39 is 23.9 Å². The highest BCUT2D eigenvalue weighted by Crippen LogP contribution is 2.28. The highest BCUT2D eigenvalue weighted by molar-refractivity contribution is 6.30. The number of carbonyl (C=O) groups excluding carboxylic acids is 2. The molecule has 1 aliphatic carbocycles. The summed E-state index contributed by atoms with van der Waals surface area (Å²) >= 11 is 5.68. The molecule has 2 amide bonds. The predicted molar refractivity (Wildman–Crippen MR) is 75.1 cm³/mol. The summed E-state index contributed by atoms with van der Waals surface area (Å²) in [5.74, 6) is -1.27. The molecule has 3 N–H and O–H groups in total. The molecule has 1 aromatic rings. The molecule has 1 aromatic carbocycles. The first-order chi connectivity index (χ1) is 9.99. The maximum Gasteiger partial charge on any atom is 0.404 e. The molecule has 1 aliphatic rings. The molecular weight excluding hydrogens is 299 g/mol. The van der Waals surface area contributed by atoms with E-state index >= 15 is 0 Å². The Balaban J connectivity index is 1.95. The van der Waals surface area contributed by atoms with Crippen LogP contribution in [0.1, 0.15) is 24.8 Å². The van der Waals surface area contributed by atoms with Gasteiger partial charge in [0.2, 0.25) is 5.91 Å². The molecule has 5 nitrogen and oxygen atoms in total. The quantitative estimate of drug-likeness (QED) is 0.895. The molecule has 0 heterocycles. The molecule has 1 saturated carbocycles. The number of rotatable bonds is 4. The fourth-order valence-corrected chi connectivity index (χ4v) is 2.71. The van der Waals surface area contributed by atoms with Crippen LogP contribution in [-0.2, 0) is 16.1 Å². The number of primary amides is 1. The molecule has 2 unspecified atom stereocenters. The van der Waals surface area contributed by atoms with E-state index in [4.69, 9.17) is 22.1 Å². The zero-order valence-electron chi connectivity index (χ0n) is 11.3. The van der Waals surface area contributed by atoms with Gasteiger partial charge < -0.3 is 15.8 Å². The first-order valence-electron chi connectivity index (χ1n) is 6.65. The van der Waals surface area contributed by atoms with Crippen molar-refractivity contribution in [1.29, 1.82) is 0 Å². The lowest BCUT2D eigenvalue weighted by Crippen LogP contribution is -2.37. The van der Waals surface area contributed by atoms with Crippen molar-refractivity contribution in [2.75, 3.05) is 0 Å². The molecule has 114 valence electrons. The lowest BCUT2D eigenvalue weighted by molar-refractivity contribution is -0.127.